The quantitative estimate of drug-likeness (QED) is 0.122. The van der Waals surface area contributed by atoms with E-state index in [1.54, 1.807) is 0 Å². The Morgan fingerprint density at radius 3 is 1.55 bits per heavy atom. The van der Waals surface area contributed by atoms with Crippen LogP contribution in [0.5, 0.6) is 0 Å². The van der Waals surface area contributed by atoms with Gasteiger partial charge in [0.05, 0.1) is 0 Å². The van der Waals surface area contributed by atoms with Crippen molar-refractivity contribution in [1.29, 1.82) is 0 Å². The molecule has 0 N–H and O–H groups in total. The van der Waals surface area contributed by atoms with Crippen molar-refractivity contribution in [1.82, 2.24) is 0 Å². The largest absolute Gasteiger partial charge is 0.180 e. The molecule has 0 atom stereocenters. The van der Waals surface area contributed by atoms with Crippen LogP contribution in [0.15, 0.2) is 183 Å². The molecule has 7 aromatic carbocycles. The monoisotopic (exact) mass is 776 g/mol. The third kappa shape index (κ3) is 5.49. The molecule has 276 valence electrons. The summed E-state index contributed by atoms with van der Waals surface area (Å²) in [5.41, 5.74) is 9.85. The number of hydrogen-bond acceptors (Lipinski definition) is 2. The van der Waals surface area contributed by atoms with Crippen molar-refractivity contribution in [3.05, 3.63) is 192 Å². The highest BCUT2D eigenvalue weighted by Crippen LogP contribution is 2.53. The minimum atomic E-state index is -2.94. The summed E-state index contributed by atoms with van der Waals surface area (Å²) in [6.07, 6.45) is 5.15. The second-order valence-electron chi connectivity index (χ2n) is 17.1. The van der Waals surface area contributed by atoms with E-state index in [9.17, 15) is 0 Å². The molecule has 0 unspecified atom stereocenters. The molecule has 7 aromatic rings. The van der Waals surface area contributed by atoms with Crippen LogP contribution in [0.1, 0.15) is 87.1 Å². The predicted molar refractivity (Wildman–Crippen MR) is 242 cm³/mol. The molecule has 3 heteroatoms. The minimum absolute atomic E-state index is 0.0890. The molecule has 3 aliphatic rings. The number of hydrogen-bond donors (Lipinski definition) is 0. The average molecular weight is 777 g/mol. The number of fused-ring (bicyclic) bond motifs is 4. The summed E-state index contributed by atoms with van der Waals surface area (Å²) in [5.74, 6) is 0.575. The summed E-state index contributed by atoms with van der Waals surface area (Å²) in [7, 11) is -2.94. The van der Waals surface area contributed by atoms with Crippen LogP contribution < -0.4 is 20.7 Å². The maximum Gasteiger partial charge on any atom is 0.180 e. The van der Waals surface area contributed by atoms with Gasteiger partial charge in [0.25, 0.3) is 0 Å². The van der Waals surface area contributed by atoms with E-state index in [0.29, 0.717) is 5.92 Å². The van der Waals surface area contributed by atoms with Crippen molar-refractivity contribution in [2.45, 2.75) is 89.7 Å². The van der Waals surface area contributed by atoms with Gasteiger partial charge in [-0.15, -0.1) is 0 Å². The topological polar surface area (TPSA) is 0 Å². The lowest BCUT2D eigenvalue weighted by atomic mass is 9.76. The summed E-state index contributed by atoms with van der Waals surface area (Å²) in [6.45, 7) is 9.68. The lowest BCUT2D eigenvalue weighted by Crippen LogP contribution is -2.75. The Morgan fingerprint density at radius 2 is 0.946 bits per heavy atom. The van der Waals surface area contributed by atoms with Gasteiger partial charge in [-0.05, 0) is 90.6 Å². The second-order valence-corrected chi connectivity index (χ2v) is 23.0. The zero-order valence-corrected chi connectivity index (χ0v) is 35.4. The van der Waals surface area contributed by atoms with Crippen LogP contribution in [0.3, 0.4) is 0 Å². The van der Waals surface area contributed by atoms with Gasteiger partial charge in [-0.2, -0.15) is 0 Å². The fraction of sp³-hybridized carbons (Fsp3) is 0.208. The summed E-state index contributed by atoms with van der Waals surface area (Å²) in [4.78, 5) is 5.60. The first-order valence-electron chi connectivity index (χ1n) is 20.4. The lowest BCUT2D eigenvalue weighted by Gasteiger charge is -2.41. The first-order valence-corrected chi connectivity index (χ1v) is 24.0. The molecular formula is C53H48S2Si. The van der Waals surface area contributed by atoms with Crippen LogP contribution >= 0.6 is 23.5 Å². The van der Waals surface area contributed by atoms with Crippen molar-refractivity contribution in [2.75, 3.05) is 0 Å². The van der Waals surface area contributed by atoms with Gasteiger partial charge in [0, 0.05) is 30.4 Å². The number of rotatable bonds is 6. The van der Waals surface area contributed by atoms with Crippen molar-refractivity contribution in [3.8, 4) is 11.1 Å². The molecule has 56 heavy (non-hydrogen) atoms. The molecule has 2 aliphatic heterocycles. The highest BCUT2D eigenvalue weighted by atomic mass is 32.2. The van der Waals surface area contributed by atoms with Gasteiger partial charge in [0.15, 0.2) is 8.07 Å². The Balaban J connectivity index is 1.29. The van der Waals surface area contributed by atoms with E-state index in [1.807, 2.05) is 23.5 Å². The fourth-order valence-electron chi connectivity index (χ4n) is 10.4. The average Bonchev–Trinajstić information content (AvgIpc) is 3.77. The zero-order chi connectivity index (χ0) is 38.1. The van der Waals surface area contributed by atoms with E-state index in [2.05, 4.69) is 191 Å². The van der Waals surface area contributed by atoms with E-state index in [-0.39, 0.29) is 10.8 Å². The van der Waals surface area contributed by atoms with Crippen molar-refractivity contribution in [2.24, 2.45) is 0 Å². The molecular weight excluding hydrogens is 729 g/mol. The molecule has 2 heterocycles. The smallest absolute Gasteiger partial charge is 0.0895 e. The molecule has 1 saturated carbocycles. The molecule has 0 bridgehead atoms. The summed E-state index contributed by atoms with van der Waals surface area (Å²) < 4.78 is 0. The first kappa shape index (κ1) is 35.8. The number of benzene rings is 7. The molecule has 0 aromatic heterocycles. The molecule has 0 amide bonds. The predicted octanol–water partition coefficient (Wildman–Crippen LogP) is 12.0. The van der Waals surface area contributed by atoms with Crippen molar-refractivity contribution >= 4 is 52.3 Å². The van der Waals surface area contributed by atoms with Crippen LogP contribution in [0, 0.1) is 0 Å². The van der Waals surface area contributed by atoms with Crippen LogP contribution in [-0.2, 0) is 10.8 Å². The van der Waals surface area contributed by atoms with Crippen LogP contribution in [0.2, 0.25) is 0 Å². The summed E-state index contributed by atoms with van der Waals surface area (Å²) >= 11 is 3.97. The van der Waals surface area contributed by atoms with Gasteiger partial charge in [-0.25, -0.2) is 0 Å². The van der Waals surface area contributed by atoms with E-state index >= 15 is 0 Å². The van der Waals surface area contributed by atoms with E-state index < -0.39 is 8.07 Å². The zero-order valence-electron chi connectivity index (χ0n) is 32.8. The van der Waals surface area contributed by atoms with Gasteiger partial charge in [-0.3, -0.25) is 0 Å². The molecule has 10 rings (SSSR count). The molecule has 1 aliphatic carbocycles. The van der Waals surface area contributed by atoms with Gasteiger partial charge in [0.2, 0.25) is 0 Å². The van der Waals surface area contributed by atoms with Gasteiger partial charge in [-0.1, -0.05) is 216 Å². The standard InChI is InChI=1S/C53H48S2Si/c1-52(2)43-26-13-15-30-47(43)54-50-41(25-17-28-45(50)52)42-35-39(33-34-40(42)36-19-11-12-20-36)56(37-21-7-5-8-22-37,38-23-9-6-10-24-38)49-32-18-29-46-51(49)55-48-31-16-14-27-44(48)53(46,3)4/h5-10,13-18,21-36H,11-12,19-20H2,1-4H3. The third-order valence-corrected chi connectivity index (χ3v) is 20.7. The third-order valence-electron chi connectivity index (χ3n) is 13.3. The van der Waals surface area contributed by atoms with Crippen molar-refractivity contribution in [3.63, 3.8) is 0 Å². The lowest BCUT2D eigenvalue weighted by molar-refractivity contribution is 0.608. The fourth-order valence-corrected chi connectivity index (χ4v) is 18.8. The molecule has 0 nitrogen and oxygen atoms in total. The Kier molecular flexibility index (Phi) is 8.85. The second kappa shape index (κ2) is 13.8. The maximum absolute atomic E-state index is 2.94. The van der Waals surface area contributed by atoms with Crippen LogP contribution in [-0.4, -0.2) is 8.07 Å². The van der Waals surface area contributed by atoms with E-state index in [0.717, 1.165) is 0 Å². The first-order chi connectivity index (χ1) is 27.3. The minimum Gasteiger partial charge on any atom is -0.0895 e. The van der Waals surface area contributed by atoms with E-state index in [1.165, 1.54) is 105 Å². The Morgan fingerprint density at radius 1 is 0.446 bits per heavy atom. The Labute approximate surface area is 342 Å². The summed E-state index contributed by atoms with van der Waals surface area (Å²) in [5, 5.41) is 5.79. The van der Waals surface area contributed by atoms with Gasteiger partial charge in [0.1, 0.15) is 0 Å². The molecule has 0 spiro atoms. The SMILES string of the molecule is CC1(C)c2ccccc2Sc2c(-c3cc([Si](c4ccccc4)(c4ccccc4)c4cccc5c4Sc4ccccc4C5(C)C)ccc3C3CCCC3)cccc21. The van der Waals surface area contributed by atoms with Crippen molar-refractivity contribution < 1.29 is 0 Å². The van der Waals surface area contributed by atoms with Crippen LogP contribution in [0.25, 0.3) is 11.1 Å². The molecule has 0 saturated heterocycles. The van der Waals surface area contributed by atoms with Gasteiger partial charge >= 0.3 is 0 Å². The summed E-state index contributed by atoms with van der Waals surface area (Å²) in [6, 6.07) is 63.5. The highest BCUT2D eigenvalue weighted by Gasteiger charge is 2.46. The maximum atomic E-state index is 2.69. The highest BCUT2D eigenvalue weighted by molar-refractivity contribution is 8.00. The van der Waals surface area contributed by atoms with Crippen LogP contribution in [0.4, 0.5) is 0 Å². The Hall–Kier alpha value is -4.54. The normalized spacial score (nSPS) is 16.7. The van der Waals surface area contributed by atoms with E-state index in [4.69, 9.17) is 0 Å². The molecule has 1 fully saturated rings. The van der Waals surface area contributed by atoms with Gasteiger partial charge < -0.3 is 0 Å². The Bertz CT molecular complexity index is 2560. The molecule has 0 radical (unpaired) electrons.